The Labute approximate surface area is 163 Å². The lowest BCUT2D eigenvalue weighted by atomic mass is 10.1. The molecule has 1 aliphatic rings. The number of aromatic nitrogens is 1. The lowest BCUT2D eigenvalue weighted by Gasteiger charge is -2.33. The fourth-order valence-corrected chi connectivity index (χ4v) is 2.96. The van der Waals surface area contributed by atoms with E-state index in [0.717, 1.165) is 44.3 Å². The van der Waals surface area contributed by atoms with Gasteiger partial charge in [0.15, 0.2) is 5.96 Å². The first-order chi connectivity index (χ1) is 13.0. The number of aliphatic imine (C=N–C) groups is 1. The van der Waals surface area contributed by atoms with Crippen LogP contribution in [0.1, 0.15) is 39.2 Å². The van der Waals surface area contributed by atoms with Crippen molar-refractivity contribution in [2.75, 3.05) is 37.6 Å². The molecule has 7 heteroatoms. The van der Waals surface area contributed by atoms with Crippen LogP contribution in [0.15, 0.2) is 23.3 Å². The fourth-order valence-electron chi connectivity index (χ4n) is 2.96. The summed E-state index contributed by atoms with van der Waals surface area (Å²) in [6.07, 6.45) is 4.02. The zero-order valence-electron chi connectivity index (χ0n) is 17.1. The Balaban J connectivity index is 1.78. The number of pyridine rings is 1. The van der Waals surface area contributed by atoms with E-state index >= 15 is 0 Å². The minimum Gasteiger partial charge on any atom is -0.357 e. The van der Waals surface area contributed by atoms with Crippen LogP contribution in [0.3, 0.4) is 0 Å². The highest BCUT2D eigenvalue weighted by Crippen LogP contribution is 2.17. The fraction of sp³-hybridized carbons (Fsp3) is 0.650. The van der Waals surface area contributed by atoms with E-state index in [4.69, 9.17) is 0 Å². The van der Waals surface area contributed by atoms with Crippen molar-refractivity contribution < 1.29 is 4.79 Å². The Hall–Kier alpha value is -2.31. The predicted molar refractivity (Wildman–Crippen MR) is 111 cm³/mol. The van der Waals surface area contributed by atoms with Crippen molar-refractivity contribution in [1.82, 2.24) is 20.9 Å². The van der Waals surface area contributed by atoms with Crippen molar-refractivity contribution >= 4 is 17.7 Å². The van der Waals surface area contributed by atoms with Crippen LogP contribution >= 0.6 is 0 Å². The van der Waals surface area contributed by atoms with Crippen LogP contribution in [0.2, 0.25) is 0 Å². The van der Waals surface area contributed by atoms with Crippen molar-refractivity contribution in [3.05, 3.63) is 23.9 Å². The van der Waals surface area contributed by atoms with Crippen LogP contribution in [-0.4, -0.2) is 55.6 Å². The summed E-state index contributed by atoms with van der Waals surface area (Å²) in [5.74, 6) is 1.96. The van der Waals surface area contributed by atoms with Crippen LogP contribution in [0.25, 0.3) is 0 Å². The first-order valence-corrected chi connectivity index (χ1v) is 9.99. The maximum absolute atomic E-state index is 11.6. The van der Waals surface area contributed by atoms with Gasteiger partial charge in [-0.05, 0) is 38.3 Å². The molecule has 3 N–H and O–H groups in total. The van der Waals surface area contributed by atoms with Crippen LogP contribution < -0.4 is 20.9 Å². The number of guanidine groups is 1. The number of carbonyl (C=O) groups excluding carboxylic acids is 1. The second kappa shape index (κ2) is 10.7. The monoisotopic (exact) mass is 374 g/mol. The van der Waals surface area contributed by atoms with Gasteiger partial charge in [0.2, 0.25) is 5.91 Å². The Kier molecular flexibility index (Phi) is 8.36. The van der Waals surface area contributed by atoms with Gasteiger partial charge in [-0.1, -0.05) is 19.9 Å². The first-order valence-electron chi connectivity index (χ1n) is 9.99. The second-order valence-corrected chi connectivity index (χ2v) is 7.31. The smallest absolute Gasteiger partial charge is 0.222 e. The quantitative estimate of drug-likeness (QED) is 0.384. The van der Waals surface area contributed by atoms with E-state index in [0.29, 0.717) is 19.1 Å². The van der Waals surface area contributed by atoms with Gasteiger partial charge in [0, 0.05) is 44.3 Å². The maximum atomic E-state index is 11.6. The minimum atomic E-state index is 0.00791. The van der Waals surface area contributed by atoms with E-state index in [1.54, 1.807) is 0 Å². The molecule has 1 aromatic heterocycles. The number of anilines is 1. The minimum absolute atomic E-state index is 0.00791. The summed E-state index contributed by atoms with van der Waals surface area (Å²) in [5.41, 5.74) is 1.19. The van der Waals surface area contributed by atoms with Gasteiger partial charge < -0.3 is 20.9 Å². The van der Waals surface area contributed by atoms with Gasteiger partial charge in [0.1, 0.15) is 5.82 Å². The Morgan fingerprint density at radius 2 is 2.04 bits per heavy atom. The van der Waals surface area contributed by atoms with E-state index in [1.165, 1.54) is 5.56 Å². The van der Waals surface area contributed by atoms with E-state index in [9.17, 15) is 4.79 Å². The normalized spacial score (nSPS) is 15.7. The van der Waals surface area contributed by atoms with Crippen molar-refractivity contribution in [2.24, 2.45) is 10.9 Å². The maximum Gasteiger partial charge on any atom is 0.222 e. The molecule has 2 heterocycles. The second-order valence-electron chi connectivity index (χ2n) is 7.31. The van der Waals surface area contributed by atoms with Crippen molar-refractivity contribution in [3.8, 4) is 0 Å². The van der Waals surface area contributed by atoms with Gasteiger partial charge >= 0.3 is 0 Å². The van der Waals surface area contributed by atoms with Gasteiger partial charge in [0.05, 0.1) is 6.54 Å². The van der Waals surface area contributed by atoms with Gasteiger partial charge in [-0.25, -0.2) is 4.98 Å². The lowest BCUT2D eigenvalue weighted by molar-refractivity contribution is -0.123. The van der Waals surface area contributed by atoms with Gasteiger partial charge in [-0.2, -0.15) is 0 Å². The highest BCUT2D eigenvalue weighted by molar-refractivity contribution is 5.80. The van der Waals surface area contributed by atoms with Crippen LogP contribution in [0.4, 0.5) is 5.82 Å². The van der Waals surface area contributed by atoms with Crippen LogP contribution in [-0.2, 0) is 4.79 Å². The number of amides is 1. The molecule has 0 unspecified atom stereocenters. The number of nitrogens with zero attached hydrogens (tertiary/aromatic N) is 3. The predicted octanol–water partition coefficient (Wildman–Crippen LogP) is 1.69. The summed E-state index contributed by atoms with van der Waals surface area (Å²) < 4.78 is 0. The Bertz CT molecular complexity index is 605. The van der Waals surface area contributed by atoms with E-state index < -0.39 is 0 Å². The average molecular weight is 375 g/mol. The highest BCUT2D eigenvalue weighted by Gasteiger charge is 2.20. The van der Waals surface area contributed by atoms with E-state index in [2.05, 4.69) is 56.8 Å². The van der Waals surface area contributed by atoms with E-state index in [1.807, 2.05) is 20.0 Å². The molecule has 2 rings (SSSR count). The molecule has 1 saturated heterocycles. The zero-order chi connectivity index (χ0) is 19.6. The summed E-state index contributed by atoms with van der Waals surface area (Å²) >= 11 is 0. The average Bonchev–Trinajstić information content (AvgIpc) is 2.66. The molecule has 1 fully saturated rings. The standard InChI is InChI=1S/C20H34N6O/c1-5-21-20(23-11-10-22-19(27)15(2)3)25-17-8-12-26(13-9-17)18-7-6-16(4)14-24-18/h6-7,14-15,17H,5,8-13H2,1-4H3,(H,22,27)(H2,21,23,25). The number of nitrogens with one attached hydrogen (secondary N) is 3. The van der Waals surface area contributed by atoms with E-state index in [-0.39, 0.29) is 11.8 Å². The largest absolute Gasteiger partial charge is 0.357 e. The summed E-state index contributed by atoms with van der Waals surface area (Å²) in [6, 6.07) is 4.61. The number of rotatable bonds is 7. The van der Waals surface area contributed by atoms with Crippen molar-refractivity contribution in [3.63, 3.8) is 0 Å². The molecule has 0 spiro atoms. The van der Waals surface area contributed by atoms with Gasteiger partial charge in [-0.3, -0.25) is 9.79 Å². The Morgan fingerprint density at radius 3 is 2.63 bits per heavy atom. The summed E-state index contributed by atoms with van der Waals surface area (Å²) in [6.45, 7) is 11.8. The SMILES string of the molecule is CCNC(=NCCNC(=O)C(C)C)NC1CCN(c2ccc(C)cn2)CC1. The highest BCUT2D eigenvalue weighted by atomic mass is 16.1. The molecule has 0 saturated carbocycles. The third kappa shape index (κ3) is 7.07. The molecule has 0 radical (unpaired) electrons. The van der Waals surface area contributed by atoms with Crippen LogP contribution in [0, 0.1) is 12.8 Å². The lowest BCUT2D eigenvalue weighted by Crippen LogP contribution is -2.49. The molecule has 0 aliphatic carbocycles. The summed E-state index contributed by atoms with van der Waals surface area (Å²) in [7, 11) is 0. The molecule has 27 heavy (non-hydrogen) atoms. The van der Waals surface area contributed by atoms with Gasteiger partial charge in [-0.15, -0.1) is 0 Å². The molecule has 0 bridgehead atoms. The number of carbonyl (C=O) groups is 1. The first kappa shape index (κ1) is 21.0. The van der Waals surface area contributed by atoms with Crippen molar-refractivity contribution in [2.45, 2.75) is 46.6 Å². The summed E-state index contributed by atoms with van der Waals surface area (Å²) in [4.78, 5) is 23.0. The molecule has 1 aliphatic heterocycles. The van der Waals surface area contributed by atoms with Crippen molar-refractivity contribution in [1.29, 1.82) is 0 Å². The summed E-state index contributed by atoms with van der Waals surface area (Å²) in [5, 5.41) is 9.71. The molecule has 0 atom stereocenters. The molecule has 150 valence electrons. The molecule has 0 aromatic carbocycles. The number of hydrogen-bond donors (Lipinski definition) is 3. The third-order valence-electron chi connectivity index (χ3n) is 4.61. The molecular weight excluding hydrogens is 340 g/mol. The molecule has 7 nitrogen and oxygen atoms in total. The zero-order valence-corrected chi connectivity index (χ0v) is 17.1. The number of piperidine rings is 1. The number of aryl methyl sites for hydroxylation is 1. The number of hydrogen-bond acceptors (Lipinski definition) is 4. The topological polar surface area (TPSA) is 81.6 Å². The molecular formula is C20H34N6O. The molecule has 1 aromatic rings. The van der Waals surface area contributed by atoms with Crippen LogP contribution in [0.5, 0.6) is 0 Å². The molecule has 1 amide bonds. The third-order valence-corrected chi connectivity index (χ3v) is 4.61. The van der Waals surface area contributed by atoms with Gasteiger partial charge in [0.25, 0.3) is 0 Å². The Morgan fingerprint density at radius 1 is 1.30 bits per heavy atom.